The van der Waals surface area contributed by atoms with E-state index in [0.29, 0.717) is 17.4 Å². The number of nitrogens with two attached hydrogens (primary N) is 1. The lowest BCUT2D eigenvalue weighted by molar-refractivity contribution is -0.165. The molecule has 2 heterocycles. The van der Waals surface area contributed by atoms with Gasteiger partial charge in [-0.25, -0.2) is 0 Å². The fourth-order valence-corrected chi connectivity index (χ4v) is 4.77. The molecule has 0 amide bonds. The monoisotopic (exact) mass is 280 g/mol. The summed E-state index contributed by atoms with van der Waals surface area (Å²) < 4.78 is 5.90. The number of hydrogen-bond donors (Lipinski definition) is 1. The highest BCUT2D eigenvalue weighted by atomic mass is 16.5. The van der Waals surface area contributed by atoms with Crippen LogP contribution in [-0.4, -0.2) is 42.8 Å². The van der Waals surface area contributed by atoms with E-state index in [-0.39, 0.29) is 11.0 Å². The predicted octanol–water partition coefficient (Wildman–Crippen LogP) is 2.64. The van der Waals surface area contributed by atoms with Crippen molar-refractivity contribution >= 4 is 0 Å². The lowest BCUT2D eigenvalue weighted by atomic mass is 9.48. The average molecular weight is 280 g/mol. The zero-order chi connectivity index (χ0) is 14.6. The number of fused-ring (bicyclic) bond motifs is 1. The van der Waals surface area contributed by atoms with Crippen molar-refractivity contribution in [2.45, 2.75) is 65.0 Å². The number of piperidine rings is 1. The minimum absolute atomic E-state index is 0.0475. The smallest absolute Gasteiger partial charge is 0.0691 e. The number of rotatable bonds is 3. The van der Waals surface area contributed by atoms with Crippen molar-refractivity contribution in [2.75, 3.05) is 26.2 Å². The third-order valence-corrected chi connectivity index (χ3v) is 7.07. The second kappa shape index (κ2) is 4.69. The van der Waals surface area contributed by atoms with Crippen LogP contribution in [0.5, 0.6) is 0 Å². The van der Waals surface area contributed by atoms with E-state index in [1.807, 2.05) is 0 Å². The molecule has 1 aliphatic carbocycles. The lowest BCUT2D eigenvalue weighted by Gasteiger charge is -2.64. The zero-order valence-electron chi connectivity index (χ0n) is 13.7. The number of likely N-dealkylation sites (tertiary alicyclic amines) is 1. The summed E-state index contributed by atoms with van der Waals surface area (Å²) in [5.74, 6) is 0.581. The van der Waals surface area contributed by atoms with E-state index in [1.165, 1.54) is 32.4 Å². The van der Waals surface area contributed by atoms with Crippen LogP contribution in [0.15, 0.2) is 0 Å². The SMILES string of the molecule is CCC1(C)CCN(CC2(N)C3CCOC3C2(C)C)CC1. The molecule has 0 bridgehead atoms. The van der Waals surface area contributed by atoms with Gasteiger partial charge >= 0.3 is 0 Å². The van der Waals surface area contributed by atoms with E-state index < -0.39 is 0 Å². The molecule has 2 aliphatic heterocycles. The normalized spacial score (nSPS) is 43.0. The standard InChI is InChI=1S/C17H32N2O/c1-5-16(4)7-9-19(10-8-16)12-17(18)13-6-11-20-14(13)15(17,2)3/h13-14H,5-12,18H2,1-4H3. The Balaban J connectivity index is 1.64. The molecule has 0 radical (unpaired) electrons. The van der Waals surface area contributed by atoms with Crippen LogP contribution in [-0.2, 0) is 4.74 Å². The van der Waals surface area contributed by atoms with Crippen molar-refractivity contribution in [3.05, 3.63) is 0 Å². The molecule has 0 aromatic rings. The molecule has 3 rings (SSSR count). The highest BCUT2D eigenvalue weighted by molar-refractivity contribution is 5.21. The largest absolute Gasteiger partial charge is 0.377 e. The van der Waals surface area contributed by atoms with Gasteiger partial charge in [-0.15, -0.1) is 0 Å². The van der Waals surface area contributed by atoms with Crippen LogP contribution >= 0.6 is 0 Å². The number of ether oxygens (including phenoxy) is 1. The van der Waals surface area contributed by atoms with Gasteiger partial charge in [-0.05, 0) is 37.8 Å². The second-order valence-corrected chi connectivity index (χ2v) is 8.39. The third-order valence-electron chi connectivity index (χ3n) is 7.07. The summed E-state index contributed by atoms with van der Waals surface area (Å²) in [6, 6.07) is 0. The first-order valence-corrected chi connectivity index (χ1v) is 8.45. The van der Waals surface area contributed by atoms with Gasteiger partial charge in [-0.3, -0.25) is 0 Å². The molecule has 3 nitrogen and oxygen atoms in total. The molecule has 1 saturated carbocycles. The summed E-state index contributed by atoms with van der Waals surface area (Å²) in [7, 11) is 0. The van der Waals surface area contributed by atoms with Crippen LogP contribution in [0, 0.1) is 16.7 Å². The van der Waals surface area contributed by atoms with Crippen LogP contribution in [0.25, 0.3) is 0 Å². The Morgan fingerprint density at radius 2 is 1.85 bits per heavy atom. The molecule has 2 N–H and O–H groups in total. The van der Waals surface area contributed by atoms with E-state index in [4.69, 9.17) is 10.5 Å². The van der Waals surface area contributed by atoms with Gasteiger partial charge in [0.2, 0.25) is 0 Å². The van der Waals surface area contributed by atoms with Gasteiger partial charge in [0, 0.05) is 30.0 Å². The van der Waals surface area contributed by atoms with Crippen LogP contribution in [0.3, 0.4) is 0 Å². The Hall–Kier alpha value is -0.120. The topological polar surface area (TPSA) is 38.5 Å². The van der Waals surface area contributed by atoms with Gasteiger partial charge in [0.15, 0.2) is 0 Å². The highest BCUT2D eigenvalue weighted by Crippen LogP contribution is 2.58. The summed E-state index contributed by atoms with van der Waals surface area (Å²) in [5, 5.41) is 0. The summed E-state index contributed by atoms with van der Waals surface area (Å²) in [6.07, 6.45) is 5.51. The Bertz CT molecular complexity index is 373. The van der Waals surface area contributed by atoms with Gasteiger partial charge in [-0.1, -0.05) is 34.1 Å². The van der Waals surface area contributed by atoms with E-state index in [9.17, 15) is 0 Å². The fraction of sp³-hybridized carbons (Fsp3) is 1.00. The molecule has 20 heavy (non-hydrogen) atoms. The van der Waals surface area contributed by atoms with E-state index in [2.05, 4.69) is 32.6 Å². The first kappa shape index (κ1) is 14.8. The summed E-state index contributed by atoms with van der Waals surface area (Å²) in [6.45, 7) is 13.8. The maximum absolute atomic E-state index is 6.88. The fourth-order valence-electron chi connectivity index (χ4n) is 4.77. The van der Waals surface area contributed by atoms with Gasteiger partial charge in [0.05, 0.1) is 6.10 Å². The first-order chi connectivity index (χ1) is 9.32. The Morgan fingerprint density at radius 1 is 1.20 bits per heavy atom. The van der Waals surface area contributed by atoms with Gasteiger partial charge in [-0.2, -0.15) is 0 Å². The molecular weight excluding hydrogens is 248 g/mol. The van der Waals surface area contributed by atoms with Gasteiger partial charge in [0.1, 0.15) is 0 Å². The first-order valence-electron chi connectivity index (χ1n) is 8.45. The Kier molecular flexibility index (Phi) is 3.47. The van der Waals surface area contributed by atoms with E-state index in [1.54, 1.807) is 0 Å². The number of hydrogen-bond acceptors (Lipinski definition) is 3. The molecule has 0 aromatic heterocycles. The van der Waals surface area contributed by atoms with Crippen molar-refractivity contribution in [1.82, 2.24) is 4.90 Å². The molecule has 2 saturated heterocycles. The molecule has 3 fully saturated rings. The van der Waals surface area contributed by atoms with Crippen LogP contribution < -0.4 is 5.73 Å². The zero-order valence-corrected chi connectivity index (χ0v) is 13.7. The molecule has 116 valence electrons. The van der Waals surface area contributed by atoms with E-state index in [0.717, 1.165) is 19.6 Å². The molecule has 0 spiro atoms. The lowest BCUT2D eigenvalue weighted by Crippen LogP contribution is -2.78. The number of nitrogens with zero attached hydrogens (tertiary/aromatic N) is 1. The van der Waals surface area contributed by atoms with Crippen molar-refractivity contribution in [3.8, 4) is 0 Å². The third kappa shape index (κ3) is 1.97. The molecule has 3 aliphatic rings. The van der Waals surface area contributed by atoms with Crippen molar-refractivity contribution in [2.24, 2.45) is 22.5 Å². The predicted molar refractivity (Wildman–Crippen MR) is 82.6 cm³/mol. The maximum Gasteiger partial charge on any atom is 0.0691 e. The second-order valence-electron chi connectivity index (χ2n) is 8.39. The minimum Gasteiger partial charge on any atom is -0.377 e. The average Bonchev–Trinajstić information content (AvgIpc) is 2.90. The van der Waals surface area contributed by atoms with Crippen LogP contribution in [0.2, 0.25) is 0 Å². The van der Waals surface area contributed by atoms with Gasteiger partial charge in [0.25, 0.3) is 0 Å². The maximum atomic E-state index is 6.88. The highest BCUT2D eigenvalue weighted by Gasteiger charge is 2.67. The van der Waals surface area contributed by atoms with Crippen molar-refractivity contribution in [3.63, 3.8) is 0 Å². The molecule has 3 heteroatoms. The molecule has 3 unspecified atom stereocenters. The Labute approximate surface area is 124 Å². The molecule has 0 aromatic carbocycles. The quantitative estimate of drug-likeness (QED) is 0.864. The van der Waals surface area contributed by atoms with Crippen molar-refractivity contribution < 1.29 is 4.74 Å². The Morgan fingerprint density at radius 3 is 2.45 bits per heavy atom. The van der Waals surface area contributed by atoms with E-state index >= 15 is 0 Å². The van der Waals surface area contributed by atoms with Gasteiger partial charge < -0.3 is 15.4 Å². The molecular formula is C17H32N2O. The molecule has 3 atom stereocenters. The van der Waals surface area contributed by atoms with Crippen LogP contribution in [0.1, 0.15) is 53.4 Å². The summed E-state index contributed by atoms with van der Waals surface area (Å²) >= 11 is 0. The summed E-state index contributed by atoms with van der Waals surface area (Å²) in [5.41, 5.74) is 7.51. The van der Waals surface area contributed by atoms with Crippen LogP contribution in [0.4, 0.5) is 0 Å². The summed E-state index contributed by atoms with van der Waals surface area (Å²) in [4.78, 5) is 2.62. The van der Waals surface area contributed by atoms with Crippen molar-refractivity contribution in [1.29, 1.82) is 0 Å². The minimum atomic E-state index is -0.0475.